The number of aliphatic imine (C=N–C) groups is 1. The summed E-state index contributed by atoms with van der Waals surface area (Å²) in [5, 5.41) is 6.74. The van der Waals surface area contributed by atoms with Crippen LogP contribution in [0.5, 0.6) is 0 Å². The first kappa shape index (κ1) is 17.7. The molecule has 1 aromatic heterocycles. The van der Waals surface area contributed by atoms with Crippen LogP contribution in [0.2, 0.25) is 0 Å². The number of rotatable bonds is 8. The van der Waals surface area contributed by atoms with Gasteiger partial charge in [-0.1, -0.05) is 0 Å². The summed E-state index contributed by atoms with van der Waals surface area (Å²) in [6.07, 6.45) is 6.14. The van der Waals surface area contributed by atoms with Crippen molar-refractivity contribution in [1.82, 2.24) is 25.1 Å². The van der Waals surface area contributed by atoms with Gasteiger partial charge in [0.05, 0.1) is 13.2 Å². The third-order valence-electron chi connectivity index (χ3n) is 4.09. The molecule has 7 nitrogen and oxygen atoms in total. The number of hydrogen-bond acceptors (Lipinski definition) is 4. The fourth-order valence-electron chi connectivity index (χ4n) is 2.63. The summed E-state index contributed by atoms with van der Waals surface area (Å²) in [5.74, 6) is 1.97. The number of aryl methyl sites for hydroxylation is 2. The average molecular weight is 322 g/mol. The molecule has 23 heavy (non-hydrogen) atoms. The maximum atomic E-state index is 5.35. The highest BCUT2D eigenvalue weighted by molar-refractivity contribution is 5.79. The van der Waals surface area contributed by atoms with E-state index in [2.05, 4.69) is 30.1 Å². The van der Waals surface area contributed by atoms with Crippen molar-refractivity contribution in [3.05, 3.63) is 18.2 Å². The monoisotopic (exact) mass is 322 g/mol. The first-order chi connectivity index (χ1) is 11.3. The Morgan fingerprint density at radius 2 is 2.00 bits per heavy atom. The van der Waals surface area contributed by atoms with E-state index in [1.54, 1.807) is 0 Å². The summed E-state index contributed by atoms with van der Waals surface area (Å²) >= 11 is 0. The molecule has 1 aliphatic rings. The van der Waals surface area contributed by atoms with E-state index in [0.29, 0.717) is 0 Å². The van der Waals surface area contributed by atoms with Gasteiger partial charge >= 0.3 is 0 Å². The molecule has 2 heterocycles. The van der Waals surface area contributed by atoms with Crippen molar-refractivity contribution in [1.29, 1.82) is 0 Å². The largest absolute Gasteiger partial charge is 0.379 e. The predicted molar refractivity (Wildman–Crippen MR) is 92.8 cm³/mol. The number of hydrogen-bond donors (Lipinski definition) is 2. The minimum atomic E-state index is 0.851. The summed E-state index contributed by atoms with van der Waals surface area (Å²) < 4.78 is 7.54. The van der Waals surface area contributed by atoms with E-state index in [-0.39, 0.29) is 0 Å². The lowest BCUT2D eigenvalue weighted by atomic mass is 10.3. The van der Waals surface area contributed by atoms with Crippen LogP contribution in [0.25, 0.3) is 0 Å². The van der Waals surface area contributed by atoms with Gasteiger partial charge in [-0.3, -0.25) is 9.89 Å². The summed E-state index contributed by atoms with van der Waals surface area (Å²) in [6, 6.07) is 0. The van der Waals surface area contributed by atoms with Crippen molar-refractivity contribution < 1.29 is 4.74 Å². The molecule has 130 valence electrons. The van der Waals surface area contributed by atoms with Crippen molar-refractivity contribution in [2.75, 3.05) is 53.0 Å². The van der Waals surface area contributed by atoms with Crippen molar-refractivity contribution in [2.24, 2.45) is 4.99 Å². The molecule has 1 saturated heterocycles. The molecule has 0 radical (unpaired) electrons. The fraction of sp³-hybridized carbons (Fsp3) is 0.750. The third-order valence-corrected chi connectivity index (χ3v) is 4.09. The highest BCUT2D eigenvalue weighted by Crippen LogP contribution is 1.99. The third kappa shape index (κ3) is 6.58. The summed E-state index contributed by atoms with van der Waals surface area (Å²) in [4.78, 5) is 10.9. The van der Waals surface area contributed by atoms with Gasteiger partial charge in [0.25, 0.3) is 0 Å². The van der Waals surface area contributed by atoms with Gasteiger partial charge in [0.15, 0.2) is 5.96 Å². The number of aromatic nitrogens is 2. The Balaban J connectivity index is 1.51. The van der Waals surface area contributed by atoms with Crippen LogP contribution in [0, 0.1) is 6.92 Å². The topological polar surface area (TPSA) is 66.7 Å². The number of ether oxygens (including phenoxy) is 1. The van der Waals surface area contributed by atoms with Gasteiger partial charge in [0.2, 0.25) is 0 Å². The Kier molecular flexibility index (Phi) is 7.89. The molecule has 0 unspecified atom stereocenters. The molecular weight excluding hydrogens is 292 g/mol. The molecule has 0 aromatic carbocycles. The van der Waals surface area contributed by atoms with E-state index < -0.39 is 0 Å². The molecule has 1 fully saturated rings. The maximum Gasteiger partial charge on any atom is 0.191 e. The molecule has 1 aromatic rings. The maximum absolute atomic E-state index is 5.35. The standard InChI is InChI=1S/C16H30N6O/c1-15-18-7-10-22(15)8-4-3-5-19-16(17-2)20-6-9-21-11-13-23-14-12-21/h7,10H,3-6,8-9,11-14H2,1-2H3,(H2,17,19,20). The zero-order valence-electron chi connectivity index (χ0n) is 14.4. The summed E-state index contributed by atoms with van der Waals surface area (Å²) in [7, 11) is 1.82. The van der Waals surface area contributed by atoms with E-state index in [1.807, 2.05) is 26.4 Å². The molecule has 0 spiro atoms. The number of morpholine rings is 1. The van der Waals surface area contributed by atoms with Crippen molar-refractivity contribution in [3.63, 3.8) is 0 Å². The zero-order valence-corrected chi connectivity index (χ0v) is 14.4. The van der Waals surface area contributed by atoms with E-state index >= 15 is 0 Å². The van der Waals surface area contributed by atoms with Crippen LogP contribution < -0.4 is 10.6 Å². The first-order valence-corrected chi connectivity index (χ1v) is 8.52. The molecule has 0 atom stereocenters. The quantitative estimate of drug-likeness (QED) is 0.414. The normalized spacial score (nSPS) is 16.5. The smallest absolute Gasteiger partial charge is 0.191 e. The van der Waals surface area contributed by atoms with Crippen molar-refractivity contribution in [2.45, 2.75) is 26.3 Å². The van der Waals surface area contributed by atoms with Gasteiger partial charge in [0, 0.05) is 58.7 Å². The van der Waals surface area contributed by atoms with Gasteiger partial charge in [-0.25, -0.2) is 4.98 Å². The van der Waals surface area contributed by atoms with Crippen LogP contribution >= 0.6 is 0 Å². The number of unbranched alkanes of at least 4 members (excludes halogenated alkanes) is 1. The molecule has 0 aliphatic carbocycles. The van der Waals surface area contributed by atoms with Crippen LogP contribution in [0.4, 0.5) is 0 Å². The minimum absolute atomic E-state index is 0.851. The molecule has 7 heteroatoms. The van der Waals surface area contributed by atoms with Gasteiger partial charge in [-0.05, 0) is 19.8 Å². The van der Waals surface area contributed by atoms with E-state index in [9.17, 15) is 0 Å². The highest BCUT2D eigenvalue weighted by Gasteiger charge is 2.09. The zero-order chi connectivity index (χ0) is 16.3. The van der Waals surface area contributed by atoms with Gasteiger partial charge < -0.3 is 19.9 Å². The predicted octanol–water partition coefficient (Wildman–Crippen LogP) is 0.469. The second kappa shape index (κ2) is 10.2. The second-order valence-corrected chi connectivity index (χ2v) is 5.75. The molecule has 0 bridgehead atoms. The Bertz CT molecular complexity index is 467. The molecule has 0 amide bonds. The van der Waals surface area contributed by atoms with Crippen LogP contribution in [-0.2, 0) is 11.3 Å². The van der Waals surface area contributed by atoms with Crippen LogP contribution in [0.15, 0.2) is 17.4 Å². The molecular formula is C16H30N6O. The van der Waals surface area contributed by atoms with Gasteiger partial charge in [-0.15, -0.1) is 0 Å². The Morgan fingerprint density at radius 1 is 1.22 bits per heavy atom. The van der Waals surface area contributed by atoms with E-state index in [1.165, 1.54) is 0 Å². The van der Waals surface area contributed by atoms with Crippen molar-refractivity contribution >= 4 is 5.96 Å². The van der Waals surface area contributed by atoms with Crippen molar-refractivity contribution in [3.8, 4) is 0 Å². The molecule has 1 aliphatic heterocycles. The Morgan fingerprint density at radius 3 is 2.70 bits per heavy atom. The Hall–Kier alpha value is -1.60. The number of imidazole rings is 1. The number of nitrogens with one attached hydrogen (secondary N) is 2. The SMILES string of the molecule is CN=C(NCCCCn1ccnc1C)NCCN1CCOCC1. The average Bonchev–Trinajstić information content (AvgIpc) is 2.99. The minimum Gasteiger partial charge on any atom is -0.379 e. The molecule has 0 saturated carbocycles. The van der Waals surface area contributed by atoms with E-state index in [0.717, 1.165) is 77.1 Å². The molecule has 2 N–H and O–H groups in total. The van der Waals surface area contributed by atoms with E-state index in [4.69, 9.17) is 4.74 Å². The lowest BCUT2D eigenvalue weighted by Crippen LogP contribution is -2.44. The Labute approximate surface area is 139 Å². The molecule has 2 rings (SSSR count). The fourth-order valence-corrected chi connectivity index (χ4v) is 2.63. The lowest BCUT2D eigenvalue weighted by Gasteiger charge is -2.26. The number of guanidine groups is 1. The summed E-state index contributed by atoms with van der Waals surface area (Å²) in [6.45, 7) is 9.70. The van der Waals surface area contributed by atoms with Crippen LogP contribution in [0.3, 0.4) is 0 Å². The highest BCUT2D eigenvalue weighted by atomic mass is 16.5. The summed E-state index contributed by atoms with van der Waals surface area (Å²) in [5.41, 5.74) is 0. The lowest BCUT2D eigenvalue weighted by molar-refractivity contribution is 0.0389. The van der Waals surface area contributed by atoms with Gasteiger partial charge in [-0.2, -0.15) is 0 Å². The first-order valence-electron chi connectivity index (χ1n) is 8.52. The van der Waals surface area contributed by atoms with Crippen LogP contribution in [0.1, 0.15) is 18.7 Å². The van der Waals surface area contributed by atoms with Gasteiger partial charge in [0.1, 0.15) is 5.82 Å². The number of nitrogens with zero attached hydrogens (tertiary/aromatic N) is 4. The second-order valence-electron chi connectivity index (χ2n) is 5.75. The van der Waals surface area contributed by atoms with Crippen LogP contribution in [-0.4, -0.2) is 73.4 Å².